The molecule has 0 N–H and O–H groups in total. The van der Waals surface area contributed by atoms with E-state index in [0.29, 0.717) is 0 Å². The van der Waals surface area contributed by atoms with E-state index in [1.54, 1.807) is 0 Å². The zero-order chi connectivity index (χ0) is 24.8. The van der Waals surface area contributed by atoms with Gasteiger partial charge < -0.3 is 4.74 Å². The van der Waals surface area contributed by atoms with Crippen LogP contribution >= 0.6 is 0 Å². The summed E-state index contributed by atoms with van der Waals surface area (Å²) in [5.41, 5.74) is 8.53. The highest BCUT2D eigenvalue weighted by Gasteiger charge is 2.43. The van der Waals surface area contributed by atoms with Crippen LogP contribution in [0.1, 0.15) is 61.4 Å². The van der Waals surface area contributed by atoms with Crippen LogP contribution in [0, 0.1) is 6.92 Å². The highest BCUT2D eigenvalue weighted by Crippen LogP contribution is 2.49. The van der Waals surface area contributed by atoms with Gasteiger partial charge in [0.25, 0.3) is 0 Å². The molecule has 0 amide bonds. The second kappa shape index (κ2) is 10.8. The summed E-state index contributed by atoms with van der Waals surface area (Å²) in [5, 5.41) is 0. The molecule has 0 aromatic heterocycles. The average molecular weight is 461 g/mol. The van der Waals surface area contributed by atoms with Gasteiger partial charge in [-0.1, -0.05) is 117 Å². The van der Waals surface area contributed by atoms with Gasteiger partial charge in [-0.05, 0) is 67.2 Å². The van der Waals surface area contributed by atoms with E-state index in [9.17, 15) is 0 Å². The fourth-order valence-corrected chi connectivity index (χ4v) is 4.75. The SMILES string of the molecule is C/C(=C\C=C/Cc1ccc(C)cc1)c1ccc(C2=CC3(C)Oc4ccccc4C3C=C2)cc1.CC. The van der Waals surface area contributed by atoms with Crippen LogP contribution in [0.5, 0.6) is 5.75 Å². The molecule has 0 saturated heterocycles. The van der Waals surface area contributed by atoms with E-state index in [0.717, 1.165) is 12.2 Å². The fraction of sp³-hybridized carbons (Fsp3) is 0.235. The number of para-hydroxylation sites is 1. The van der Waals surface area contributed by atoms with Crippen molar-refractivity contribution in [2.45, 2.75) is 52.6 Å². The molecule has 0 radical (unpaired) electrons. The second-order valence-corrected chi connectivity index (χ2v) is 9.31. The Kier molecular flexibility index (Phi) is 7.56. The van der Waals surface area contributed by atoms with Crippen molar-refractivity contribution in [3.05, 3.63) is 137 Å². The van der Waals surface area contributed by atoms with E-state index in [-0.39, 0.29) is 11.5 Å². The van der Waals surface area contributed by atoms with Crippen molar-refractivity contribution in [3.8, 4) is 5.75 Å². The van der Waals surface area contributed by atoms with Crippen LogP contribution in [-0.4, -0.2) is 5.60 Å². The number of aryl methyl sites for hydroxylation is 1. The molecule has 0 saturated carbocycles. The second-order valence-electron chi connectivity index (χ2n) is 9.31. The van der Waals surface area contributed by atoms with Crippen LogP contribution in [0.15, 0.2) is 109 Å². The zero-order valence-corrected chi connectivity index (χ0v) is 21.6. The molecule has 1 heteroatoms. The Bertz CT molecular complexity index is 1270. The van der Waals surface area contributed by atoms with Crippen molar-refractivity contribution in [3.63, 3.8) is 0 Å². The summed E-state index contributed by atoms with van der Waals surface area (Å²) in [7, 11) is 0. The van der Waals surface area contributed by atoms with E-state index in [4.69, 9.17) is 4.74 Å². The lowest BCUT2D eigenvalue weighted by atomic mass is 9.79. The molecular formula is C34H36O. The largest absolute Gasteiger partial charge is 0.482 e. The summed E-state index contributed by atoms with van der Waals surface area (Å²) in [6.07, 6.45) is 14.3. The van der Waals surface area contributed by atoms with Gasteiger partial charge in [0.15, 0.2) is 0 Å². The molecule has 2 atom stereocenters. The van der Waals surface area contributed by atoms with Gasteiger partial charge in [-0.2, -0.15) is 0 Å². The summed E-state index contributed by atoms with van der Waals surface area (Å²) in [4.78, 5) is 0. The van der Waals surface area contributed by atoms with Crippen LogP contribution in [0.3, 0.4) is 0 Å². The van der Waals surface area contributed by atoms with Gasteiger partial charge in [-0.15, -0.1) is 0 Å². The number of benzene rings is 3. The number of hydrogen-bond acceptors (Lipinski definition) is 1. The molecule has 2 aliphatic rings. The third-order valence-corrected chi connectivity index (χ3v) is 6.74. The maximum Gasteiger partial charge on any atom is 0.136 e. The average Bonchev–Trinajstić information content (AvgIpc) is 3.20. The third kappa shape index (κ3) is 5.41. The molecule has 178 valence electrons. The molecule has 1 aliphatic heterocycles. The minimum absolute atomic E-state index is 0.272. The number of ether oxygens (including phenoxy) is 1. The predicted molar refractivity (Wildman–Crippen MR) is 151 cm³/mol. The van der Waals surface area contributed by atoms with Crippen molar-refractivity contribution in [1.29, 1.82) is 0 Å². The summed E-state index contributed by atoms with van der Waals surface area (Å²) in [6, 6.07) is 25.9. The van der Waals surface area contributed by atoms with E-state index in [2.05, 4.69) is 124 Å². The minimum Gasteiger partial charge on any atom is -0.482 e. The van der Waals surface area contributed by atoms with Gasteiger partial charge in [0.1, 0.15) is 11.4 Å². The Morgan fingerprint density at radius 1 is 0.943 bits per heavy atom. The molecule has 0 spiro atoms. The molecule has 35 heavy (non-hydrogen) atoms. The zero-order valence-electron chi connectivity index (χ0n) is 21.6. The smallest absolute Gasteiger partial charge is 0.136 e. The van der Waals surface area contributed by atoms with E-state index in [1.165, 1.54) is 39.0 Å². The van der Waals surface area contributed by atoms with Crippen molar-refractivity contribution < 1.29 is 4.74 Å². The standard InChI is InChI=1S/C32H30O.C2H6/c1-23-12-14-25(15-13-23)9-5-4-8-24(2)26-16-18-27(19-17-26)28-20-21-30-29-10-6-7-11-31(29)33-32(30,3)22-28;1-2/h4-8,10-22,30H,9H2,1-3H3;1-2H3/b5-4-,24-8+;. The van der Waals surface area contributed by atoms with Gasteiger partial charge in [0, 0.05) is 11.5 Å². The van der Waals surface area contributed by atoms with Crippen molar-refractivity contribution in [2.75, 3.05) is 0 Å². The minimum atomic E-state index is -0.329. The Morgan fingerprint density at radius 2 is 1.66 bits per heavy atom. The van der Waals surface area contributed by atoms with Crippen molar-refractivity contribution in [2.24, 2.45) is 0 Å². The monoisotopic (exact) mass is 460 g/mol. The molecule has 1 nitrogen and oxygen atoms in total. The predicted octanol–water partition coefficient (Wildman–Crippen LogP) is 9.11. The lowest BCUT2D eigenvalue weighted by Gasteiger charge is -2.30. The van der Waals surface area contributed by atoms with Crippen LogP contribution in [0.2, 0.25) is 0 Å². The first kappa shape index (κ1) is 24.5. The summed E-state index contributed by atoms with van der Waals surface area (Å²) in [6.45, 7) is 10.5. The van der Waals surface area contributed by atoms with Crippen LogP contribution in [0.25, 0.3) is 11.1 Å². The molecular weight excluding hydrogens is 424 g/mol. The Morgan fingerprint density at radius 3 is 2.40 bits per heavy atom. The first-order valence-electron chi connectivity index (χ1n) is 12.7. The van der Waals surface area contributed by atoms with Gasteiger partial charge in [0.05, 0.1) is 0 Å². The van der Waals surface area contributed by atoms with Gasteiger partial charge >= 0.3 is 0 Å². The normalized spacial score (nSPS) is 20.4. The molecule has 2 unspecified atom stereocenters. The highest BCUT2D eigenvalue weighted by molar-refractivity contribution is 5.79. The van der Waals surface area contributed by atoms with Crippen LogP contribution in [-0.2, 0) is 6.42 Å². The molecule has 3 aromatic carbocycles. The van der Waals surface area contributed by atoms with Gasteiger partial charge in [0.2, 0.25) is 0 Å². The summed E-state index contributed by atoms with van der Waals surface area (Å²) in [5.74, 6) is 1.27. The first-order chi connectivity index (χ1) is 17.0. The number of rotatable bonds is 5. The number of allylic oxidation sites excluding steroid dienone is 6. The Labute approximate surface area is 211 Å². The summed E-state index contributed by atoms with van der Waals surface area (Å²) < 4.78 is 6.36. The van der Waals surface area contributed by atoms with Gasteiger partial charge in [-0.3, -0.25) is 0 Å². The molecule has 1 heterocycles. The molecule has 0 bridgehead atoms. The lowest BCUT2D eigenvalue weighted by Crippen LogP contribution is -2.32. The summed E-state index contributed by atoms with van der Waals surface area (Å²) >= 11 is 0. The fourth-order valence-electron chi connectivity index (χ4n) is 4.75. The van der Waals surface area contributed by atoms with Crippen LogP contribution < -0.4 is 4.74 Å². The molecule has 0 fully saturated rings. The maximum absolute atomic E-state index is 6.36. The quantitative estimate of drug-likeness (QED) is 0.345. The Balaban J connectivity index is 0.00000141. The topological polar surface area (TPSA) is 9.23 Å². The van der Waals surface area contributed by atoms with E-state index >= 15 is 0 Å². The third-order valence-electron chi connectivity index (χ3n) is 6.74. The number of fused-ring (bicyclic) bond motifs is 3. The van der Waals surface area contributed by atoms with Crippen LogP contribution in [0.4, 0.5) is 0 Å². The Hall–Kier alpha value is -3.58. The number of hydrogen-bond donors (Lipinski definition) is 0. The van der Waals surface area contributed by atoms with E-state index in [1.807, 2.05) is 19.9 Å². The highest BCUT2D eigenvalue weighted by atomic mass is 16.5. The molecule has 1 aliphatic carbocycles. The van der Waals surface area contributed by atoms with E-state index < -0.39 is 0 Å². The van der Waals surface area contributed by atoms with Crippen molar-refractivity contribution >= 4 is 11.1 Å². The lowest BCUT2D eigenvalue weighted by molar-refractivity contribution is 0.156. The maximum atomic E-state index is 6.36. The first-order valence-corrected chi connectivity index (χ1v) is 12.7. The van der Waals surface area contributed by atoms with Gasteiger partial charge in [-0.25, -0.2) is 0 Å². The van der Waals surface area contributed by atoms with Crippen molar-refractivity contribution in [1.82, 2.24) is 0 Å². The molecule has 3 aromatic rings. The molecule has 5 rings (SSSR count).